The lowest BCUT2D eigenvalue weighted by atomic mass is 9.95. The maximum absolute atomic E-state index is 13.5. The normalized spacial score (nSPS) is 14.8. The van der Waals surface area contributed by atoms with Gasteiger partial charge in [0.05, 0.1) is 13.7 Å². The lowest BCUT2D eigenvalue weighted by Gasteiger charge is -2.23. The molecule has 1 aliphatic carbocycles. The average molecular weight is 459 g/mol. The molecule has 3 rings (SSSR count). The molecular formula is C25H31ClN2O4. The second-order valence-corrected chi connectivity index (χ2v) is 9.12. The van der Waals surface area contributed by atoms with Crippen LogP contribution in [0, 0.1) is 5.92 Å². The van der Waals surface area contributed by atoms with Crippen LogP contribution in [0.1, 0.15) is 66.7 Å². The van der Waals surface area contributed by atoms with Crippen molar-refractivity contribution in [2.45, 2.75) is 65.0 Å². The molecule has 1 aromatic heterocycles. The highest BCUT2D eigenvalue weighted by atomic mass is 35.5. The van der Waals surface area contributed by atoms with Gasteiger partial charge in [0, 0.05) is 10.7 Å². The SMILES string of the molecule is COC(=O)C(NC(=O)c1cc2c(n(Cc3ccc(Cl)cc3)c1=O)CCCCCC2)C(C)C. The predicted molar refractivity (Wildman–Crippen MR) is 125 cm³/mol. The van der Waals surface area contributed by atoms with Crippen molar-refractivity contribution >= 4 is 23.5 Å². The minimum atomic E-state index is -0.821. The highest BCUT2D eigenvalue weighted by Crippen LogP contribution is 2.21. The van der Waals surface area contributed by atoms with Crippen LogP contribution < -0.4 is 10.9 Å². The molecule has 0 aliphatic heterocycles. The summed E-state index contributed by atoms with van der Waals surface area (Å²) >= 11 is 6.02. The molecule has 32 heavy (non-hydrogen) atoms. The minimum absolute atomic E-state index is 0.0628. The van der Waals surface area contributed by atoms with Crippen molar-refractivity contribution in [1.29, 1.82) is 0 Å². The van der Waals surface area contributed by atoms with E-state index in [0.29, 0.717) is 11.6 Å². The maximum Gasteiger partial charge on any atom is 0.328 e. The number of fused-ring (bicyclic) bond motifs is 1. The van der Waals surface area contributed by atoms with Gasteiger partial charge >= 0.3 is 5.97 Å². The van der Waals surface area contributed by atoms with E-state index in [9.17, 15) is 14.4 Å². The number of amides is 1. The Bertz CT molecular complexity index is 1030. The van der Waals surface area contributed by atoms with E-state index in [1.165, 1.54) is 7.11 Å². The summed E-state index contributed by atoms with van der Waals surface area (Å²) in [6, 6.07) is 8.29. The first kappa shape index (κ1) is 24.1. The standard InChI is InChI=1S/C25H31ClN2O4/c1-16(2)22(25(31)32-3)27-23(29)20-14-18-8-6-4-5-7-9-21(18)28(24(20)30)15-17-10-12-19(26)13-11-17/h10-14,16,22H,4-9,15H2,1-3H3,(H,27,29). The number of methoxy groups -OCH3 is 1. The fourth-order valence-corrected chi connectivity index (χ4v) is 4.31. The first-order valence-electron chi connectivity index (χ1n) is 11.2. The molecule has 0 fully saturated rings. The van der Waals surface area contributed by atoms with E-state index in [4.69, 9.17) is 16.3 Å². The highest BCUT2D eigenvalue weighted by molar-refractivity contribution is 6.30. The van der Waals surface area contributed by atoms with Crippen LogP contribution in [0.5, 0.6) is 0 Å². The average Bonchev–Trinajstić information content (AvgIpc) is 2.75. The molecule has 0 spiro atoms. The Balaban J connectivity index is 2.05. The Kier molecular flexibility index (Phi) is 8.13. The van der Waals surface area contributed by atoms with Gasteiger partial charge in [-0.25, -0.2) is 4.79 Å². The third-order valence-corrected chi connectivity index (χ3v) is 6.26. The quantitative estimate of drug-likeness (QED) is 0.660. The van der Waals surface area contributed by atoms with Crippen LogP contribution in [-0.2, 0) is 28.9 Å². The molecule has 0 saturated heterocycles. The number of halogens is 1. The van der Waals surface area contributed by atoms with Crippen molar-refractivity contribution in [3.63, 3.8) is 0 Å². The van der Waals surface area contributed by atoms with Crippen molar-refractivity contribution in [3.05, 3.63) is 68.1 Å². The number of pyridine rings is 1. The van der Waals surface area contributed by atoms with Gasteiger partial charge < -0.3 is 14.6 Å². The van der Waals surface area contributed by atoms with Crippen LogP contribution >= 0.6 is 11.6 Å². The maximum atomic E-state index is 13.5. The molecular weight excluding hydrogens is 428 g/mol. The number of benzene rings is 1. The smallest absolute Gasteiger partial charge is 0.328 e. The van der Waals surface area contributed by atoms with E-state index in [1.807, 2.05) is 26.0 Å². The molecule has 6 nitrogen and oxygen atoms in total. The summed E-state index contributed by atoms with van der Waals surface area (Å²) in [5.41, 5.74) is 2.68. The van der Waals surface area contributed by atoms with Crippen LogP contribution in [-0.4, -0.2) is 29.6 Å². The minimum Gasteiger partial charge on any atom is -0.467 e. The molecule has 1 aromatic carbocycles. The summed E-state index contributed by atoms with van der Waals surface area (Å²) in [6.45, 7) is 4.01. The van der Waals surface area contributed by atoms with Gasteiger partial charge in [-0.15, -0.1) is 0 Å². The molecule has 1 unspecified atom stereocenters. The summed E-state index contributed by atoms with van der Waals surface area (Å²) < 4.78 is 6.55. The van der Waals surface area contributed by atoms with Crippen molar-refractivity contribution in [2.75, 3.05) is 7.11 Å². The topological polar surface area (TPSA) is 77.4 Å². The number of aromatic nitrogens is 1. The fraction of sp³-hybridized carbons (Fsp3) is 0.480. The van der Waals surface area contributed by atoms with Gasteiger partial charge in [-0.05, 0) is 60.9 Å². The van der Waals surface area contributed by atoms with E-state index >= 15 is 0 Å². The lowest BCUT2D eigenvalue weighted by Crippen LogP contribution is -2.47. The van der Waals surface area contributed by atoms with Gasteiger partial charge in [-0.1, -0.05) is 50.4 Å². The molecule has 1 aliphatic rings. The summed E-state index contributed by atoms with van der Waals surface area (Å²) in [5.74, 6) is -1.25. The Morgan fingerprint density at radius 3 is 2.38 bits per heavy atom. The molecule has 0 bridgehead atoms. The number of carbonyl (C=O) groups is 2. The van der Waals surface area contributed by atoms with Crippen molar-refractivity contribution in [2.24, 2.45) is 5.92 Å². The highest BCUT2D eigenvalue weighted by Gasteiger charge is 2.28. The number of hydrogen-bond acceptors (Lipinski definition) is 4. The third-order valence-electron chi connectivity index (χ3n) is 6.01. The van der Waals surface area contributed by atoms with Crippen LogP contribution in [0.4, 0.5) is 0 Å². The molecule has 172 valence electrons. The van der Waals surface area contributed by atoms with E-state index in [0.717, 1.165) is 55.3 Å². The molecule has 1 amide bonds. The van der Waals surface area contributed by atoms with E-state index in [2.05, 4.69) is 5.32 Å². The van der Waals surface area contributed by atoms with E-state index < -0.39 is 17.9 Å². The second-order valence-electron chi connectivity index (χ2n) is 8.68. The molecule has 1 heterocycles. The monoisotopic (exact) mass is 458 g/mol. The Morgan fingerprint density at radius 2 is 1.75 bits per heavy atom. The Labute approximate surface area is 193 Å². The van der Waals surface area contributed by atoms with Crippen molar-refractivity contribution in [3.8, 4) is 0 Å². The fourth-order valence-electron chi connectivity index (χ4n) is 4.18. The van der Waals surface area contributed by atoms with Crippen LogP contribution in [0.15, 0.2) is 35.1 Å². The van der Waals surface area contributed by atoms with Gasteiger partial charge in [-0.3, -0.25) is 9.59 Å². The summed E-state index contributed by atoms with van der Waals surface area (Å²) in [5, 5.41) is 3.34. The van der Waals surface area contributed by atoms with Crippen molar-refractivity contribution < 1.29 is 14.3 Å². The summed E-state index contributed by atoms with van der Waals surface area (Å²) in [4.78, 5) is 38.8. The number of esters is 1. The number of carbonyl (C=O) groups excluding carboxylic acids is 2. The van der Waals surface area contributed by atoms with E-state index in [1.54, 1.807) is 22.8 Å². The molecule has 0 radical (unpaired) electrons. The largest absolute Gasteiger partial charge is 0.467 e. The Hall–Kier alpha value is -2.60. The summed E-state index contributed by atoms with van der Waals surface area (Å²) in [6.07, 6.45) is 5.92. The van der Waals surface area contributed by atoms with E-state index in [-0.39, 0.29) is 17.0 Å². The number of aryl methyl sites for hydroxylation is 1. The third kappa shape index (κ3) is 5.60. The Morgan fingerprint density at radius 1 is 1.09 bits per heavy atom. The number of hydrogen-bond donors (Lipinski definition) is 1. The van der Waals surface area contributed by atoms with Crippen LogP contribution in [0.25, 0.3) is 0 Å². The first-order chi connectivity index (χ1) is 15.3. The second kappa shape index (κ2) is 10.8. The van der Waals surface area contributed by atoms with Gasteiger partial charge in [-0.2, -0.15) is 0 Å². The van der Waals surface area contributed by atoms with Crippen molar-refractivity contribution in [1.82, 2.24) is 9.88 Å². The molecule has 0 saturated carbocycles. The number of nitrogens with zero attached hydrogens (tertiary/aromatic N) is 1. The zero-order valence-corrected chi connectivity index (χ0v) is 19.7. The predicted octanol–water partition coefficient (Wildman–Crippen LogP) is 4.14. The molecule has 2 aromatic rings. The zero-order valence-electron chi connectivity index (χ0n) is 18.9. The van der Waals surface area contributed by atoms with Gasteiger partial charge in [0.2, 0.25) is 0 Å². The number of nitrogens with one attached hydrogen (secondary N) is 1. The number of ether oxygens (including phenoxy) is 1. The van der Waals surface area contributed by atoms with Crippen LogP contribution in [0.2, 0.25) is 5.02 Å². The summed E-state index contributed by atoms with van der Waals surface area (Å²) in [7, 11) is 1.29. The molecule has 1 atom stereocenters. The molecule has 1 N–H and O–H groups in total. The lowest BCUT2D eigenvalue weighted by molar-refractivity contribution is -0.144. The molecule has 7 heteroatoms. The van der Waals surface area contributed by atoms with Crippen LogP contribution in [0.3, 0.4) is 0 Å². The van der Waals surface area contributed by atoms with Gasteiger partial charge in [0.1, 0.15) is 11.6 Å². The van der Waals surface area contributed by atoms with Gasteiger partial charge in [0.25, 0.3) is 11.5 Å². The number of rotatable bonds is 6. The first-order valence-corrected chi connectivity index (χ1v) is 11.6. The van der Waals surface area contributed by atoms with Gasteiger partial charge in [0.15, 0.2) is 0 Å². The zero-order chi connectivity index (χ0) is 23.3.